The average molecular weight is 299 g/mol. The van der Waals surface area contributed by atoms with Crippen LogP contribution in [0.5, 0.6) is 0 Å². The molecule has 0 fully saturated rings. The van der Waals surface area contributed by atoms with Gasteiger partial charge in [0.15, 0.2) is 0 Å². The van der Waals surface area contributed by atoms with Crippen LogP contribution in [0.4, 0.5) is 0 Å². The van der Waals surface area contributed by atoms with Crippen LogP contribution < -0.4 is 5.73 Å². The van der Waals surface area contributed by atoms with Crippen LogP contribution in [0.2, 0.25) is 0 Å². The van der Waals surface area contributed by atoms with Crippen LogP contribution in [-0.4, -0.2) is 5.75 Å². The molecule has 2 rings (SSSR count). The lowest BCUT2D eigenvalue weighted by atomic mass is 9.86. The highest BCUT2D eigenvalue weighted by atomic mass is 32.2. The van der Waals surface area contributed by atoms with Gasteiger partial charge in [0, 0.05) is 16.7 Å². The summed E-state index contributed by atoms with van der Waals surface area (Å²) in [6, 6.07) is 17.4. The predicted molar refractivity (Wildman–Crippen MR) is 94.0 cm³/mol. The molecule has 0 heterocycles. The van der Waals surface area contributed by atoms with Crippen molar-refractivity contribution < 1.29 is 0 Å². The van der Waals surface area contributed by atoms with E-state index < -0.39 is 0 Å². The number of benzene rings is 2. The van der Waals surface area contributed by atoms with Gasteiger partial charge in [0.2, 0.25) is 0 Å². The third kappa shape index (κ3) is 4.62. The van der Waals surface area contributed by atoms with E-state index in [0.29, 0.717) is 0 Å². The van der Waals surface area contributed by atoms with Crippen LogP contribution in [0.1, 0.15) is 43.5 Å². The number of hydrogen-bond acceptors (Lipinski definition) is 2. The van der Waals surface area contributed by atoms with Crippen molar-refractivity contribution in [3.05, 3.63) is 65.2 Å². The highest BCUT2D eigenvalue weighted by molar-refractivity contribution is 7.99. The molecule has 0 aromatic heterocycles. The van der Waals surface area contributed by atoms with E-state index in [2.05, 4.69) is 76.2 Å². The summed E-state index contributed by atoms with van der Waals surface area (Å²) in [5.41, 5.74) is 10.4. The van der Waals surface area contributed by atoms with E-state index in [0.717, 1.165) is 5.75 Å². The van der Waals surface area contributed by atoms with E-state index in [1.54, 1.807) is 0 Å². The van der Waals surface area contributed by atoms with E-state index in [1.165, 1.54) is 21.6 Å². The Hall–Kier alpha value is -1.25. The van der Waals surface area contributed by atoms with E-state index >= 15 is 0 Å². The molecular weight excluding hydrogens is 274 g/mol. The molecule has 0 aliphatic rings. The van der Waals surface area contributed by atoms with Crippen molar-refractivity contribution in [2.45, 2.75) is 44.0 Å². The third-order valence-electron chi connectivity index (χ3n) is 3.66. The number of aryl methyl sites for hydroxylation is 1. The molecule has 0 spiro atoms. The molecule has 21 heavy (non-hydrogen) atoms. The van der Waals surface area contributed by atoms with Gasteiger partial charge in [0.05, 0.1) is 0 Å². The first kappa shape index (κ1) is 16.1. The summed E-state index contributed by atoms with van der Waals surface area (Å²) in [7, 11) is 0. The maximum Gasteiger partial charge on any atom is 0.0390 e. The molecule has 2 aromatic rings. The summed E-state index contributed by atoms with van der Waals surface area (Å²) in [5, 5.41) is 0. The van der Waals surface area contributed by atoms with Crippen LogP contribution in [0, 0.1) is 6.92 Å². The first-order valence-corrected chi connectivity index (χ1v) is 8.40. The summed E-state index contributed by atoms with van der Waals surface area (Å²) < 4.78 is 0. The van der Waals surface area contributed by atoms with Gasteiger partial charge in [-0.1, -0.05) is 62.7 Å². The fourth-order valence-electron chi connectivity index (χ4n) is 2.15. The van der Waals surface area contributed by atoms with Crippen molar-refractivity contribution in [2.75, 3.05) is 5.75 Å². The number of nitrogens with two attached hydrogens (primary N) is 1. The molecule has 0 aliphatic heterocycles. The second kappa shape index (κ2) is 6.67. The molecule has 1 nitrogen and oxygen atoms in total. The zero-order valence-corrected chi connectivity index (χ0v) is 14.2. The Kier molecular flexibility index (Phi) is 5.13. The Morgan fingerprint density at radius 3 is 2.05 bits per heavy atom. The van der Waals surface area contributed by atoms with Gasteiger partial charge in [-0.15, -0.1) is 11.8 Å². The quantitative estimate of drug-likeness (QED) is 0.796. The molecule has 112 valence electrons. The average Bonchev–Trinajstić information content (AvgIpc) is 2.45. The van der Waals surface area contributed by atoms with Crippen LogP contribution >= 0.6 is 11.8 Å². The van der Waals surface area contributed by atoms with Crippen molar-refractivity contribution in [1.82, 2.24) is 0 Å². The fraction of sp³-hybridized carbons (Fsp3) is 0.368. The third-order valence-corrected chi connectivity index (χ3v) is 4.79. The van der Waals surface area contributed by atoms with Gasteiger partial charge in [-0.05, 0) is 35.6 Å². The first-order valence-electron chi connectivity index (χ1n) is 7.42. The molecule has 2 aromatic carbocycles. The van der Waals surface area contributed by atoms with Gasteiger partial charge in [-0.3, -0.25) is 0 Å². The van der Waals surface area contributed by atoms with Gasteiger partial charge in [-0.25, -0.2) is 0 Å². The molecule has 0 bridgehead atoms. The lowest BCUT2D eigenvalue weighted by molar-refractivity contribution is 0.589. The van der Waals surface area contributed by atoms with Crippen LogP contribution in [0.3, 0.4) is 0 Å². The Morgan fingerprint density at radius 1 is 0.952 bits per heavy atom. The highest BCUT2D eigenvalue weighted by Crippen LogP contribution is 2.26. The lowest BCUT2D eigenvalue weighted by Gasteiger charge is -2.20. The van der Waals surface area contributed by atoms with E-state index in [-0.39, 0.29) is 11.5 Å². The van der Waals surface area contributed by atoms with Gasteiger partial charge < -0.3 is 5.73 Å². The monoisotopic (exact) mass is 299 g/mol. The summed E-state index contributed by atoms with van der Waals surface area (Å²) in [5.74, 6) is 0.901. The molecule has 2 heteroatoms. The fourth-order valence-corrected chi connectivity index (χ4v) is 3.04. The topological polar surface area (TPSA) is 26.0 Å². The number of hydrogen-bond donors (Lipinski definition) is 1. The van der Waals surface area contributed by atoms with Crippen LogP contribution in [0.25, 0.3) is 0 Å². The second-order valence-electron chi connectivity index (χ2n) is 6.60. The largest absolute Gasteiger partial charge is 0.323 e. The smallest absolute Gasteiger partial charge is 0.0390 e. The van der Waals surface area contributed by atoms with Gasteiger partial charge >= 0.3 is 0 Å². The molecule has 1 unspecified atom stereocenters. The zero-order chi connectivity index (χ0) is 15.5. The molecule has 0 amide bonds. The van der Waals surface area contributed by atoms with Gasteiger partial charge in [0.1, 0.15) is 0 Å². The Morgan fingerprint density at radius 2 is 1.52 bits per heavy atom. The molecule has 2 N–H and O–H groups in total. The lowest BCUT2D eigenvalue weighted by Crippen LogP contribution is -2.15. The molecule has 0 radical (unpaired) electrons. The Labute approximate surface area is 133 Å². The molecule has 0 aliphatic carbocycles. The Bertz CT molecular complexity index is 564. The minimum Gasteiger partial charge on any atom is -0.323 e. The minimum atomic E-state index is 0.0744. The van der Waals surface area contributed by atoms with Crippen LogP contribution in [-0.2, 0) is 5.41 Å². The Balaban J connectivity index is 1.97. The van der Waals surface area contributed by atoms with Crippen molar-refractivity contribution in [3.63, 3.8) is 0 Å². The van der Waals surface area contributed by atoms with Crippen LogP contribution in [0.15, 0.2) is 53.4 Å². The highest BCUT2D eigenvalue weighted by Gasteiger charge is 2.14. The predicted octanol–water partition coefficient (Wildman–Crippen LogP) is 5.08. The summed E-state index contributed by atoms with van der Waals surface area (Å²) >= 11 is 1.82. The van der Waals surface area contributed by atoms with Crippen molar-refractivity contribution in [1.29, 1.82) is 0 Å². The van der Waals surface area contributed by atoms with Crippen molar-refractivity contribution in [2.24, 2.45) is 5.73 Å². The van der Waals surface area contributed by atoms with Gasteiger partial charge in [0.25, 0.3) is 0 Å². The van der Waals surface area contributed by atoms with Crippen molar-refractivity contribution in [3.8, 4) is 0 Å². The van der Waals surface area contributed by atoms with E-state index in [1.807, 2.05) is 11.8 Å². The molecule has 1 atom stereocenters. The number of thioether (sulfide) groups is 1. The summed E-state index contributed by atoms with van der Waals surface area (Å²) in [6.07, 6.45) is 0. The maximum absolute atomic E-state index is 6.31. The SMILES string of the molecule is Cc1ccc(SCC(N)c2ccc(C(C)(C)C)cc2)cc1. The minimum absolute atomic E-state index is 0.0744. The normalized spacial score (nSPS) is 13.2. The number of rotatable bonds is 4. The summed E-state index contributed by atoms with van der Waals surface area (Å²) in [4.78, 5) is 1.28. The molecular formula is C19H25NS. The van der Waals surface area contributed by atoms with Gasteiger partial charge in [-0.2, -0.15) is 0 Å². The zero-order valence-electron chi connectivity index (χ0n) is 13.4. The second-order valence-corrected chi connectivity index (χ2v) is 7.70. The molecule has 0 saturated carbocycles. The summed E-state index contributed by atoms with van der Waals surface area (Å²) in [6.45, 7) is 8.80. The first-order chi connectivity index (χ1) is 9.86. The van der Waals surface area contributed by atoms with Crippen molar-refractivity contribution >= 4 is 11.8 Å². The van der Waals surface area contributed by atoms with E-state index in [4.69, 9.17) is 5.73 Å². The maximum atomic E-state index is 6.31. The molecule has 0 saturated heterocycles. The standard InChI is InChI=1S/C19H25NS/c1-14-5-11-17(12-6-14)21-13-18(20)15-7-9-16(10-8-15)19(2,3)4/h5-12,18H,13,20H2,1-4H3. The van der Waals surface area contributed by atoms with E-state index in [9.17, 15) is 0 Å².